The molecule has 10 heteroatoms. The van der Waals surface area contributed by atoms with Gasteiger partial charge in [-0.1, -0.05) is 23.9 Å². The van der Waals surface area contributed by atoms with Crippen molar-refractivity contribution in [2.75, 3.05) is 36.4 Å². The number of sulfone groups is 1. The summed E-state index contributed by atoms with van der Waals surface area (Å²) in [4.78, 5) is 17.0. The molecule has 8 nitrogen and oxygen atoms in total. The molecule has 2 aromatic carbocycles. The van der Waals surface area contributed by atoms with E-state index in [-0.39, 0.29) is 35.1 Å². The van der Waals surface area contributed by atoms with Gasteiger partial charge in [-0.05, 0) is 29.8 Å². The van der Waals surface area contributed by atoms with Crippen molar-refractivity contribution in [1.29, 1.82) is 0 Å². The lowest BCUT2D eigenvalue weighted by atomic mass is 10.1. The number of nitrogens with zero attached hydrogens (tertiary/aromatic N) is 1. The molecule has 2 N–H and O–H groups in total. The summed E-state index contributed by atoms with van der Waals surface area (Å²) in [6.07, 6.45) is 0.207. The lowest BCUT2D eigenvalue weighted by Crippen LogP contribution is -2.15. The zero-order valence-corrected chi connectivity index (χ0v) is 18.8. The number of carbonyl (C=O) groups is 1. The number of rotatable bonds is 6. The monoisotopic (exact) mass is 461 g/mol. The Morgan fingerprint density at radius 1 is 1.13 bits per heavy atom. The fraction of sp³-hybridized carbons (Fsp3) is 0.333. The summed E-state index contributed by atoms with van der Waals surface area (Å²) >= 11 is 1.47. The molecule has 2 aliphatic rings. The van der Waals surface area contributed by atoms with Crippen molar-refractivity contribution in [3.63, 3.8) is 0 Å². The molecule has 0 aromatic heterocycles. The van der Waals surface area contributed by atoms with E-state index in [0.29, 0.717) is 17.2 Å². The largest absolute Gasteiger partial charge is 0.497 e. The van der Waals surface area contributed by atoms with Crippen molar-refractivity contribution < 1.29 is 22.7 Å². The second-order valence-electron chi connectivity index (χ2n) is 7.35. The van der Waals surface area contributed by atoms with Crippen LogP contribution in [-0.4, -0.2) is 56.5 Å². The standard InChI is InChI=1S/C21H23N3O5S2/c1-28-15-7-8-18(29-2)16(10-15)23-20(25)9-13-3-5-14(6-4-13)22-21-24-17-11-31(26,27)12-19(17)30-21/h3-8,10,17,19H,9,11-12H2,1-2H3,(H,22,24)(H,23,25)/t17-,19+/m0/s1. The minimum Gasteiger partial charge on any atom is -0.497 e. The van der Waals surface area contributed by atoms with E-state index in [1.54, 1.807) is 32.4 Å². The predicted molar refractivity (Wildman–Crippen MR) is 123 cm³/mol. The normalized spacial score (nSPS) is 21.2. The minimum absolute atomic E-state index is 0.00377. The SMILES string of the molecule is COc1ccc(OC)c(NC(=O)Cc2ccc(NC3=N[C@H]4CS(=O)(=O)C[C@H]4S3)cc2)c1. The molecule has 31 heavy (non-hydrogen) atoms. The number of amides is 1. The summed E-state index contributed by atoms with van der Waals surface area (Å²) in [5.74, 6) is 1.32. The number of carbonyl (C=O) groups excluding carboxylic acids is 1. The number of thioether (sulfide) groups is 1. The lowest BCUT2D eigenvalue weighted by Gasteiger charge is -2.12. The number of amidine groups is 1. The van der Waals surface area contributed by atoms with Crippen LogP contribution in [0.4, 0.5) is 11.4 Å². The van der Waals surface area contributed by atoms with E-state index in [9.17, 15) is 13.2 Å². The Morgan fingerprint density at radius 2 is 1.90 bits per heavy atom. The molecular formula is C21H23N3O5S2. The Morgan fingerprint density at radius 3 is 2.58 bits per heavy atom. The average Bonchev–Trinajstić information content (AvgIpc) is 3.21. The van der Waals surface area contributed by atoms with Crippen LogP contribution in [0.1, 0.15) is 5.56 Å². The van der Waals surface area contributed by atoms with E-state index in [0.717, 1.165) is 16.4 Å². The number of anilines is 2. The van der Waals surface area contributed by atoms with Crippen molar-refractivity contribution in [3.8, 4) is 11.5 Å². The van der Waals surface area contributed by atoms with Crippen LogP contribution >= 0.6 is 11.8 Å². The molecule has 2 aromatic rings. The number of ether oxygens (including phenoxy) is 2. The average molecular weight is 462 g/mol. The summed E-state index contributed by atoms with van der Waals surface area (Å²) in [5, 5.41) is 6.83. The first-order valence-electron chi connectivity index (χ1n) is 9.68. The van der Waals surface area contributed by atoms with Crippen LogP contribution in [0.5, 0.6) is 11.5 Å². The topological polar surface area (TPSA) is 106 Å². The maximum absolute atomic E-state index is 12.5. The zero-order valence-electron chi connectivity index (χ0n) is 17.1. The number of benzene rings is 2. The smallest absolute Gasteiger partial charge is 0.228 e. The zero-order chi connectivity index (χ0) is 22.0. The van der Waals surface area contributed by atoms with Crippen molar-refractivity contribution in [2.24, 2.45) is 4.99 Å². The first-order valence-corrected chi connectivity index (χ1v) is 12.4. The second-order valence-corrected chi connectivity index (χ2v) is 10.7. The third kappa shape index (κ3) is 5.13. The van der Waals surface area contributed by atoms with Crippen LogP contribution in [-0.2, 0) is 21.1 Å². The van der Waals surface area contributed by atoms with Gasteiger partial charge in [-0.2, -0.15) is 0 Å². The van der Waals surface area contributed by atoms with E-state index in [1.165, 1.54) is 11.8 Å². The van der Waals surface area contributed by atoms with Crippen LogP contribution in [0.25, 0.3) is 0 Å². The van der Waals surface area contributed by atoms with Gasteiger partial charge in [0.25, 0.3) is 0 Å². The molecule has 2 heterocycles. The first kappa shape index (κ1) is 21.5. The fourth-order valence-electron chi connectivity index (χ4n) is 3.54. The number of hydrogen-bond donors (Lipinski definition) is 2. The first-order chi connectivity index (χ1) is 14.8. The fourth-order valence-corrected chi connectivity index (χ4v) is 7.21. The van der Waals surface area contributed by atoms with Crippen molar-refractivity contribution >= 4 is 44.0 Å². The summed E-state index contributed by atoms with van der Waals surface area (Å²) in [5.41, 5.74) is 2.25. The highest BCUT2D eigenvalue weighted by Crippen LogP contribution is 2.34. The number of methoxy groups -OCH3 is 2. The molecule has 164 valence electrons. The summed E-state index contributed by atoms with van der Waals surface area (Å²) in [7, 11) is 0.148. The molecule has 1 fully saturated rings. The molecule has 2 aliphatic heterocycles. The Labute approximate surface area is 185 Å². The number of aliphatic imine (C=N–C) groups is 1. The van der Waals surface area contributed by atoms with Gasteiger partial charge >= 0.3 is 0 Å². The lowest BCUT2D eigenvalue weighted by molar-refractivity contribution is -0.115. The van der Waals surface area contributed by atoms with Crippen molar-refractivity contribution in [3.05, 3.63) is 48.0 Å². The predicted octanol–water partition coefficient (Wildman–Crippen LogP) is 2.57. The van der Waals surface area contributed by atoms with Gasteiger partial charge in [0.05, 0.1) is 43.9 Å². The molecule has 0 aliphatic carbocycles. The molecule has 0 saturated carbocycles. The van der Waals surface area contributed by atoms with Gasteiger partial charge < -0.3 is 20.1 Å². The van der Waals surface area contributed by atoms with E-state index in [4.69, 9.17) is 9.47 Å². The van der Waals surface area contributed by atoms with E-state index in [2.05, 4.69) is 15.6 Å². The van der Waals surface area contributed by atoms with Gasteiger partial charge in [0.2, 0.25) is 5.91 Å². The van der Waals surface area contributed by atoms with Crippen LogP contribution < -0.4 is 20.1 Å². The molecule has 0 bridgehead atoms. The maximum Gasteiger partial charge on any atom is 0.228 e. The van der Waals surface area contributed by atoms with Gasteiger partial charge in [0.15, 0.2) is 15.0 Å². The quantitative estimate of drug-likeness (QED) is 0.681. The number of fused-ring (bicyclic) bond motifs is 1. The number of hydrogen-bond acceptors (Lipinski definition) is 8. The third-order valence-corrected chi connectivity index (χ3v) is 8.21. The van der Waals surface area contributed by atoms with Crippen LogP contribution in [0.15, 0.2) is 47.5 Å². The molecule has 1 amide bonds. The Bertz CT molecular complexity index is 1120. The maximum atomic E-state index is 12.5. The Hall–Kier alpha value is -2.72. The van der Waals surface area contributed by atoms with Gasteiger partial charge in [-0.3, -0.25) is 9.79 Å². The van der Waals surface area contributed by atoms with Gasteiger partial charge in [0.1, 0.15) is 11.5 Å². The van der Waals surface area contributed by atoms with Crippen LogP contribution in [0, 0.1) is 0 Å². The Kier molecular flexibility index (Phi) is 6.10. The highest BCUT2D eigenvalue weighted by molar-refractivity contribution is 8.15. The van der Waals surface area contributed by atoms with E-state index in [1.807, 2.05) is 24.3 Å². The molecule has 1 saturated heterocycles. The van der Waals surface area contributed by atoms with Gasteiger partial charge in [0, 0.05) is 17.0 Å². The second kappa shape index (κ2) is 8.80. The highest BCUT2D eigenvalue weighted by atomic mass is 32.2. The van der Waals surface area contributed by atoms with Gasteiger partial charge in [-0.15, -0.1) is 0 Å². The Balaban J connectivity index is 1.34. The van der Waals surface area contributed by atoms with Crippen molar-refractivity contribution in [2.45, 2.75) is 17.7 Å². The summed E-state index contributed by atoms with van der Waals surface area (Å²) < 4.78 is 33.8. The minimum atomic E-state index is -2.96. The van der Waals surface area contributed by atoms with Gasteiger partial charge in [-0.25, -0.2) is 8.42 Å². The van der Waals surface area contributed by atoms with Crippen LogP contribution in [0.3, 0.4) is 0 Å². The summed E-state index contributed by atoms with van der Waals surface area (Å²) in [6, 6.07) is 12.6. The molecule has 2 atom stereocenters. The van der Waals surface area contributed by atoms with Crippen molar-refractivity contribution in [1.82, 2.24) is 0 Å². The molecule has 0 spiro atoms. The van der Waals surface area contributed by atoms with Crippen LogP contribution in [0.2, 0.25) is 0 Å². The molecule has 4 rings (SSSR count). The summed E-state index contributed by atoms with van der Waals surface area (Å²) in [6.45, 7) is 0. The molecular weight excluding hydrogens is 438 g/mol. The third-order valence-electron chi connectivity index (χ3n) is 5.07. The number of nitrogens with one attached hydrogen (secondary N) is 2. The van der Waals surface area contributed by atoms with E-state index < -0.39 is 9.84 Å². The molecule has 0 radical (unpaired) electrons. The highest BCUT2D eigenvalue weighted by Gasteiger charge is 2.42. The van der Waals surface area contributed by atoms with E-state index >= 15 is 0 Å². The molecule has 0 unspecified atom stereocenters.